The number of nitrogens with one attached hydrogen (secondary N) is 2. The fraction of sp³-hybridized carbons (Fsp3) is 0.333. The second kappa shape index (κ2) is 9.35. The van der Waals surface area contributed by atoms with E-state index in [4.69, 9.17) is 16.3 Å². The number of hydrogen-bond acceptors (Lipinski definition) is 5. The van der Waals surface area contributed by atoms with Crippen molar-refractivity contribution in [2.75, 3.05) is 10.6 Å². The molecular weight excluding hydrogens is 396 g/mol. The van der Waals surface area contributed by atoms with Crippen LogP contribution in [0.3, 0.4) is 0 Å². The van der Waals surface area contributed by atoms with Crippen LogP contribution in [0.4, 0.5) is 23.1 Å². The molecule has 0 aliphatic heterocycles. The maximum atomic E-state index is 6.12. The zero-order valence-corrected chi connectivity index (χ0v) is 18.2. The Balaban J connectivity index is 1.42. The SMILES string of the molecule is Cc1cc(Nc2nc(Nc3ccc(OC4CCCCC4)cc3)ncc2C)ccc1Cl. The first-order valence-corrected chi connectivity index (χ1v) is 10.9. The normalized spacial score (nSPS) is 14.4. The lowest BCUT2D eigenvalue weighted by Gasteiger charge is -2.23. The van der Waals surface area contributed by atoms with E-state index in [0.29, 0.717) is 12.1 Å². The molecule has 1 aliphatic rings. The molecule has 0 bridgehead atoms. The summed E-state index contributed by atoms with van der Waals surface area (Å²) in [6, 6.07) is 13.8. The first-order chi connectivity index (χ1) is 14.6. The van der Waals surface area contributed by atoms with Crippen LogP contribution < -0.4 is 15.4 Å². The fourth-order valence-corrected chi connectivity index (χ4v) is 3.73. The van der Waals surface area contributed by atoms with Gasteiger partial charge in [0.2, 0.25) is 5.95 Å². The van der Waals surface area contributed by atoms with Crippen molar-refractivity contribution in [2.24, 2.45) is 0 Å². The summed E-state index contributed by atoms with van der Waals surface area (Å²) in [5, 5.41) is 7.37. The van der Waals surface area contributed by atoms with Gasteiger partial charge in [0.15, 0.2) is 0 Å². The lowest BCUT2D eigenvalue weighted by atomic mass is 9.98. The number of aromatic nitrogens is 2. The summed E-state index contributed by atoms with van der Waals surface area (Å²) in [7, 11) is 0. The molecular formula is C24H27ClN4O. The summed E-state index contributed by atoms with van der Waals surface area (Å²) in [6.45, 7) is 3.96. The Labute approximate surface area is 182 Å². The first kappa shape index (κ1) is 20.5. The molecule has 0 unspecified atom stereocenters. The topological polar surface area (TPSA) is 59.1 Å². The second-order valence-corrected chi connectivity index (χ2v) is 8.25. The number of nitrogens with zero attached hydrogens (tertiary/aromatic N) is 2. The summed E-state index contributed by atoms with van der Waals surface area (Å²) < 4.78 is 6.10. The number of anilines is 4. The minimum atomic E-state index is 0.350. The van der Waals surface area contributed by atoms with E-state index in [1.54, 1.807) is 6.20 Å². The third kappa shape index (κ3) is 5.22. The van der Waals surface area contributed by atoms with Gasteiger partial charge in [0.25, 0.3) is 0 Å². The molecule has 30 heavy (non-hydrogen) atoms. The van der Waals surface area contributed by atoms with Crippen LogP contribution in [0.1, 0.15) is 43.2 Å². The van der Waals surface area contributed by atoms with Gasteiger partial charge in [-0.1, -0.05) is 18.0 Å². The first-order valence-electron chi connectivity index (χ1n) is 10.5. The van der Waals surface area contributed by atoms with E-state index in [2.05, 4.69) is 20.6 Å². The zero-order chi connectivity index (χ0) is 20.9. The van der Waals surface area contributed by atoms with Crippen LogP contribution in [0.5, 0.6) is 5.75 Å². The third-order valence-electron chi connectivity index (χ3n) is 5.36. The van der Waals surface area contributed by atoms with E-state index >= 15 is 0 Å². The van der Waals surface area contributed by atoms with Crippen LogP contribution in [0.25, 0.3) is 0 Å². The third-order valence-corrected chi connectivity index (χ3v) is 5.78. The van der Waals surface area contributed by atoms with Gasteiger partial charge in [0.05, 0.1) is 6.10 Å². The maximum absolute atomic E-state index is 6.12. The standard InChI is InChI=1S/C24H27ClN4O/c1-16-14-19(10-13-22(16)25)27-23-17(2)15-26-24(29-23)28-18-8-11-21(12-9-18)30-20-6-4-3-5-7-20/h8-15,20H,3-7H2,1-2H3,(H2,26,27,28,29). The van der Waals surface area contributed by atoms with Gasteiger partial charge >= 0.3 is 0 Å². The largest absolute Gasteiger partial charge is 0.490 e. The van der Waals surface area contributed by atoms with Crippen molar-refractivity contribution in [1.82, 2.24) is 9.97 Å². The molecule has 1 heterocycles. The molecule has 1 fully saturated rings. The van der Waals surface area contributed by atoms with Gasteiger partial charge < -0.3 is 15.4 Å². The Bertz CT molecular complexity index is 1000. The Morgan fingerprint density at radius 3 is 2.37 bits per heavy atom. The van der Waals surface area contributed by atoms with Gasteiger partial charge in [-0.3, -0.25) is 0 Å². The van der Waals surface area contributed by atoms with Crippen LogP contribution in [-0.4, -0.2) is 16.1 Å². The summed E-state index contributed by atoms with van der Waals surface area (Å²) in [5.41, 5.74) is 3.84. The van der Waals surface area contributed by atoms with E-state index in [9.17, 15) is 0 Å². The van der Waals surface area contributed by atoms with Gasteiger partial charge in [-0.15, -0.1) is 0 Å². The highest BCUT2D eigenvalue weighted by atomic mass is 35.5. The summed E-state index contributed by atoms with van der Waals surface area (Å²) in [5.74, 6) is 2.21. The molecule has 0 saturated heterocycles. The molecule has 0 spiro atoms. The maximum Gasteiger partial charge on any atom is 0.229 e. The van der Waals surface area contributed by atoms with E-state index in [-0.39, 0.29) is 0 Å². The number of benzene rings is 2. The molecule has 0 amide bonds. The number of halogens is 1. The fourth-order valence-electron chi connectivity index (χ4n) is 3.61. The molecule has 2 N–H and O–H groups in total. The van der Waals surface area contributed by atoms with Crippen LogP contribution in [0.2, 0.25) is 5.02 Å². The minimum absolute atomic E-state index is 0.350. The Kier molecular flexibility index (Phi) is 6.38. The summed E-state index contributed by atoms with van der Waals surface area (Å²) in [6.07, 6.45) is 8.32. The van der Waals surface area contributed by atoms with Crippen LogP contribution in [-0.2, 0) is 0 Å². The Hall–Kier alpha value is -2.79. The molecule has 3 aromatic rings. The lowest BCUT2D eigenvalue weighted by Crippen LogP contribution is -2.19. The van der Waals surface area contributed by atoms with Crippen molar-refractivity contribution in [2.45, 2.75) is 52.1 Å². The highest BCUT2D eigenvalue weighted by Crippen LogP contribution is 2.26. The molecule has 6 heteroatoms. The van der Waals surface area contributed by atoms with Crippen molar-refractivity contribution in [3.05, 3.63) is 64.8 Å². The number of rotatable bonds is 6. The molecule has 0 atom stereocenters. The minimum Gasteiger partial charge on any atom is -0.490 e. The highest BCUT2D eigenvalue weighted by Gasteiger charge is 2.14. The quantitative estimate of drug-likeness (QED) is 0.450. The van der Waals surface area contributed by atoms with Crippen molar-refractivity contribution in [1.29, 1.82) is 0 Å². The molecule has 1 saturated carbocycles. The van der Waals surface area contributed by atoms with Crippen molar-refractivity contribution >= 4 is 34.7 Å². The van der Waals surface area contributed by atoms with Crippen molar-refractivity contribution < 1.29 is 4.74 Å². The van der Waals surface area contributed by atoms with Crippen molar-refractivity contribution in [3.63, 3.8) is 0 Å². The van der Waals surface area contributed by atoms with Gasteiger partial charge in [-0.05, 0) is 87.6 Å². The number of aryl methyl sites for hydroxylation is 2. The summed E-state index contributed by atoms with van der Waals surface area (Å²) >= 11 is 6.12. The van der Waals surface area contributed by atoms with E-state index in [1.165, 1.54) is 19.3 Å². The molecule has 1 aliphatic carbocycles. The second-order valence-electron chi connectivity index (χ2n) is 7.84. The van der Waals surface area contributed by atoms with Gasteiger partial charge in [0, 0.05) is 28.2 Å². The van der Waals surface area contributed by atoms with E-state index in [0.717, 1.165) is 51.9 Å². The average molecular weight is 423 g/mol. The lowest BCUT2D eigenvalue weighted by molar-refractivity contribution is 0.155. The van der Waals surface area contributed by atoms with Crippen LogP contribution >= 0.6 is 11.6 Å². The van der Waals surface area contributed by atoms with Gasteiger partial charge in [0.1, 0.15) is 11.6 Å². The van der Waals surface area contributed by atoms with Crippen LogP contribution in [0, 0.1) is 13.8 Å². The summed E-state index contributed by atoms with van der Waals surface area (Å²) in [4.78, 5) is 9.04. The highest BCUT2D eigenvalue weighted by molar-refractivity contribution is 6.31. The molecule has 156 valence electrons. The Morgan fingerprint density at radius 2 is 1.63 bits per heavy atom. The molecule has 1 aromatic heterocycles. The zero-order valence-electron chi connectivity index (χ0n) is 17.4. The van der Waals surface area contributed by atoms with Crippen molar-refractivity contribution in [3.8, 4) is 5.75 Å². The molecule has 5 nitrogen and oxygen atoms in total. The molecule has 2 aromatic carbocycles. The predicted molar refractivity (Wildman–Crippen MR) is 123 cm³/mol. The van der Waals surface area contributed by atoms with E-state index < -0.39 is 0 Å². The molecule has 4 rings (SSSR count). The van der Waals surface area contributed by atoms with E-state index in [1.807, 2.05) is 56.3 Å². The number of ether oxygens (including phenoxy) is 1. The van der Waals surface area contributed by atoms with Gasteiger partial charge in [-0.25, -0.2) is 4.98 Å². The monoisotopic (exact) mass is 422 g/mol. The predicted octanol–water partition coefficient (Wildman–Crippen LogP) is 6.95. The Morgan fingerprint density at radius 1 is 0.900 bits per heavy atom. The van der Waals surface area contributed by atoms with Crippen LogP contribution in [0.15, 0.2) is 48.7 Å². The molecule has 0 radical (unpaired) electrons. The van der Waals surface area contributed by atoms with Gasteiger partial charge in [-0.2, -0.15) is 4.98 Å². The smallest absolute Gasteiger partial charge is 0.229 e. The average Bonchev–Trinajstić information content (AvgIpc) is 2.75. The number of hydrogen-bond donors (Lipinski definition) is 2.